The van der Waals surface area contributed by atoms with Crippen LogP contribution in [0.3, 0.4) is 0 Å². The summed E-state index contributed by atoms with van der Waals surface area (Å²) < 4.78 is 21.5. The number of rotatable bonds is 5. The summed E-state index contributed by atoms with van der Waals surface area (Å²) >= 11 is -0.966. The van der Waals surface area contributed by atoms with Crippen LogP contribution >= 0.6 is 0 Å². The van der Waals surface area contributed by atoms with E-state index in [4.69, 9.17) is 4.43 Å². The van der Waals surface area contributed by atoms with Crippen molar-refractivity contribution in [3.63, 3.8) is 0 Å². The van der Waals surface area contributed by atoms with E-state index in [0.29, 0.717) is 6.04 Å². The summed E-state index contributed by atoms with van der Waals surface area (Å²) in [5, 5.41) is 0.262. The third-order valence-corrected chi connectivity index (χ3v) is 11.0. The van der Waals surface area contributed by atoms with E-state index < -0.39 is 19.7 Å². The minimum absolute atomic E-state index is 0.191. The molecule has 0 bridgehead atoms. The first-order valence-corrected chi connectivity index (χ1v) is 12.0. The fraction of sp³-hybridized carbons (Fsp3) is 1.00. The zero-order chi connectivity index (χ0) is 16.7. The summed E-state index contributed by atoms with van der Waals surface area (Å²) in [5.41, 5.74) is 0.245. The largest absolute Gasteiger partial charge is 0.598 e. The van der Waals surface area contributed by atoms with Crippen molar-refractivity contribution in [3.05, 3.63) is 0 Å². The first kappa shape index (κ1) is 19.5. The molecule has 0 aromatic heterocycles. The Morgan fingerprint density at radius 1 is 1.19 bits per heavy atom. The molecule has 1 unspecified atom stereocenters. The Balaban J connectivity index is 2.41. The highest BCUT2D eigenvalue weighted by atomic mass is 32.2. The number of hydrogen-bond donors (Lipinski definition) is 1. The van der Waals surface area contributed by atoms with Gasteiger partial charge in [0.05, 0.1) is 6.04 Å². The molecule has 1 N–H and O–H groups in total. The average Bonchev–Trinajstić information content (AvgIpc) is 2.21. The van der Waals surface area contributed by atoms with Crippen LogP contribution in [-0.2, 0) is 15.8 Å². The molecule has 1 aliphatic rings. The zero-order valence-corrected chi connectivity index (χ0v) is 17.2. The predicted octanol–water partition coefficient (Wildman–Crippen LogP) is 4.23. The van der Waals surface area contributed by atoms with Crippen LogP contribution in [0, 0.1) is 5.41 Å². The highest BCUT2D eigenvalue weighted by Gasteiger charge is 2.46. The van der Waals surface area contributed by atoms with Gasteiger partial charge < -0.3 is 8.98 Å². The van der Waals surface area contributed by atoms with Crippen LogP contribution in [0.25, 0.3) is 0 Å². The van der Waals surface area contributed by atoms with E-state index in [2.05, 4.69) is 45.5 Å². The molecule has 0 aromatic carbocycles. The van der Waals surface area contributed by atoms with Crippen LogP contribution < -0.4 is 4.72 Å². The minimum Gasteiger partial charge on any atom is -0.598 e. The van der Waals surface area contributed by atoms with Crippen LogP contribution in [0.5, 0.6) is 0 Å². The van der Waals surface area contributed by atoms with Crippen molar-refractivity contribution in [2.45, 2.75) is 90.2 Å². The summed E-state index contributed by atoms with van der Waals surface area (Å²) in [6.45, 7) is 20.6. The van der Waals surface area contributed by atoms with Crippen molar-refractivity contribution in [1.29, 1.82) is 0 Å². The molecule has 5 heteroatoms. The molecule has 0 spiro atoms. The van der Waals surface area contributed by atoms with Crippen molar-refractivity contribution < 1.29 is 8.98 Å². The molecule has 0 aromatic rings. The third kappa shape index (κ3) is 5.24. The van der Waals surface area contributed by atoms with Gasteiger partial charge in [-0.1, -0.05) is 27.7 Å². The van der Waals surface area contributed by atoms with Crippen molar-refractivity contribution in [2.75, 3.05) is 6.61 Å². The van der Waals surface area contributed by atoms with Crippen LogP contribution in [0.15, 0.2) is 0 Å². The van der Waals surface area contributed by atoms with Gasteiger partial charge in [0.2, 0.25) is 0 Å². The molecule has 126 valence electrons. The van der Waals surface area contributed by atoms with Crippen molar-refractivity contribution in [2.24, 2.45) is 5.41 Å². The number of hydrogen-bond acceptors (Lipinski definition) is 3. The van der Waals surface area contributed by atoms with Gasteiger partial charge in [0.15, 0.2) is 8.32 Å². The van der Waals surface area contributed by atoms with E-state index in [9.17, 15) is 4.55 Å². The normalized spacial score (nSPS) is 29.1. The molecule has 0 amide bonds. The minimum atomic E-state index is -1.66. The van der Waals surface area contributed by atoms with E-state index in [1.165, 1.54) is 0 Å². The molecule has 0 saturated heterocycles. The van der Waals surface area contributed by atoms with E-state index >= 15 is 0 Å². The molecule has 1 aliphatic carbocycles. The second-order valence-corrected chi connectivity index (χ2v) is 16.3. The maximum atomic E-state index is 12.1. The van der Waals surface area contributed by atoms with E-state index in [0.717, 1.165) is 19.4 Å². The molecule has 0 aliphatic heterocycles. The SMILES string of the molecule is CC1(CO[Si](C)(C)C(C)(C)C)CC(N[S+]([O-])C(C)(C)C)C1. The third-order valence-electron chi connectivity index (χ3n) is 4.90. The van der Waals surface area contributed by atoms with Gasteiger partial charge in [-0.2, -0.15) is 0 Å². The highest BCUT2D eigenvalue weighted by molar-refractivity contribution is 7.90. The van der Waals surface area contributed by atoms with Gasteiger partial charge in [0.1, 0.15) is 4.75 Å². The fourth-order valence-electron chi connectivity index (χ4n) is 2.23. The van der Waals surface area contributed by atoms with E-state index in [-0.39, 0.29) is 15.2 Å². The molecule has 1 saturated carbocycles. The van der Waals surface area contributed by atoms with E-state index in [1.54, 1.807) is 0 Å². The summed E-state index contributed by atoms with van der Waals surface area (Å²) in [5.74, 6) is 0. The van der Waals surface area contributed by atoms with Gasteiger partial charge in [-0.25, -0.2) is 0 Å². The van der Waals surface area contributed by atoms with Crippen LogP contribution in [0.1, 0.15) is 61.3 Å². The smallest absolute Gasteiger partial charge is 0.192 e. The van der Waals surface area contributed by atoms with Crippen molar-refractivity contribution >= 4 is 19.7 Å². The summed E-state index contributed by atoms with van der Waals surface area (Å²) in [6.07, 6.45) is 2.12. The summed E-state index contributed by atoms with van der Waals surface area (Å²) in [6, 6.07) is 0.373. The fourth-order valence-corrected chi connectivity index (χ4v) is 4.20. The Bertz CT molecular complexity index is 354. The van der Waals surface area contributed by atoms with Crippen molar-refractivity contribution in [3.8, 4) is 0 Å². The standard InChI is InChI=1S/C16H35NO2SSi/c1-14(2,3)20(18)17-13-10-16(7,11-13)12-19-21(8,9)15(4,5)6/h13,17H,10-12H2,1-9H3. The van der Waals surface area contributed by atoms with Gasteiger partial charge in [0, 0.05) is 18.0 Å². The Morgan fingerprint density at radius 2 is 1.67 bits per heavy atom. The van der Waals surface area contributed by atoms with Crippen LogP contribution in [-0.4, -0.2) is 30.3 Å². The molecular weight excluding hydrogens is 298 g/mol. The quantitative estimate of drug-likeness (QED) is 0.605. The van der Waals surface area contributed by atoms with Gasteiger partial charge in [-0.05, 0) is 57.2 Å². The molecular formula is C16H35NO2SSi. The molecule has 21 heavy (non-hydrogen) atoms. The first-order chi connectivity index (χ1) is 9.16. The zero-order valence-electron chi connectivity index (χ0n) is 15.4. The lowest BCUT2D eigenvalue weighted by molar-refractivity contribution is 0.0455. The highest BCUT2D eigenvalue weighted by Crippen LogP contribution is 2.44. The second-order valence-electron chi connectivity index (χ2n) is 9.46. The molecule has 0 heterocycles. The molecule has 0 radical (unpaired) electrons. The topological polar surface area (TPSA) is 44.3 Å². The Hall–Kier alpha value is 0.447. The summed E-state index contributed by atoms with van der Waals surface area (Å²) in [4.78, 5) is 0. The Kier molecular flexibility index (Phi) is 5.71. The molecule has 1 atom stereocenters. The predicted molar refractivity (Wildman–Crippen MR) is 95.3 cm³/mol. The second kappa shape index (κ2) is 6.15. The van der Waals surface area contributed by atoms with E-state index in [1.807, 2.05) is 20.8 Å². The number of nitrogens with one attached hydrogen (secondary N) is 1. The van der Waals surface area contributed by atoms with Crippen LogP contribution in [0.4, 0.5) is 0 Å². The maximum absolute atomic E-state index is 12.1. The molecule has 1 rings (SSSR count). The lowest BCUT2D eigenvalue weighted by Gasteiger charge is -2.48. The maximum Gasteiger partial charge on any atom is 0.192 e. The van der Waals surface area contributed by atoms with Crippen molar-refractivity contribution in [1.82, 2.24) is 4.72 Å². The average molecular weight is 334 g/mol. The monoisotopic (exact) mass is 333 g/mol. The van der Waals surface area contributed by atoms with Gasteiger partial charge in [-0.3, -0.25) is 0 Å². The molecule has 3 nitrogen and oxygen atoms in total. The summed E-state index contributed by atoms with van der Waals surface area (Å²) in [7, 11) is -1.66. The lowest BCUT2D eigenvalue weighted by Crippen LogP contribution is -2.55. The molecule has 1 fully saturated rings. The van der Waals surface area contributed by atoms with Gasteiger partial charge >= 0.3 is 0 Å². The first-order valence-electron chi connectivity index (χ1n) is 7.98. The van der Waals surface area contributed by atoms with Crippen LogP contribution in [0.2, 0.25) is 18.1 Å². The Labute approximate surface area is 136 Å². The van der Waals surface area contributed by atoms with Gasteiger partial charge in [0.25, 0.3) is 0 Å². The lowest BCUT2D eigenvalue weighted by atomic mass is 9.68. The Morgan fingerprint density at radius 3 is 2.05 bits per heavy atom. The van der Waals surface area contributed by atoms with Gasteiger partial charge in [-0.15, -0.1) is 4.72 Å².